The number of ether oxygens (including phenoxy) is 1. The number of esters is 1. The minimum absolute atomic E-state index is 0.0563. The zero-order valence-corrected chi connectivity index (χ0v) is 16.0. The number of aromatic hydroxyl groups is 1. The molecule has 1 aromatic heterocycles. The molecule has 0 aliphatic heterocycles. The highest BCUT2D eigenvalue weighted by molar-refractivity contribution is 6.05. The summed E-state index contributed by atoms with van der Waals surface area (Å²) in [5.74, 6) is -2.92. The molecule has 158 valence electrons. The standard InChI is InChI=1S/C21H17F4NO4/c1-3-30-19(28)9-14-11(2)26(17-10-16(22)18(27)8-15(14)17)20(29)12-4-6-13(7-5-12)21(23,24)25/h4-8,10,27H,3,9H2,1-2H3. The number of nitrogens with zero attached hydrogens (tertiary/aromatic N) is 1. The first-order valence-electron chi connectivity index (χ1n) is 8.94. The number of phenols is 1. The number of carbonyl (C=O) groups excluding carboxylic acids is 2. The van der Waals surface area contributed by atoms with E-state index in [4.69, 9.17) is 4.74 Å². The van der Waals surface area contributed by atoms with Gasteiger partial charge < -0.3 is 9.84 Å². The maximum Gasteiger partial charge on any atom is 0.416 e. The Bertz CT molecular complexity index is 1130. The van der Waals surface area contributed by atoms with Crippen LogP contribution < -0.4 is 0 Å². The van der Waals surface area contributed by atoms with Gasteiger partial charge in [0.25, 0.3) is 5.91 Å². The van der Waals surface area contributed by atoms with E-state index in [0.29, 0.717) is 5.56 Å². The van der Waals surface area contributed by atoms with E-state index in [-0.39, 0.29) is 35.2 Å². The van der Waals surface area contributed by atoms with Crippen molar-refractivity contribution in [1.82, 2.24) is 4.57 Å². The summed E-state index contributed by atoms with van der Waals surface area (Å²) in [5, 5.41) is 10.0. The summed E-state index contributed by atoms with van der Waals surface area (Å²) in [7, 11) is 0. The van der Waals surface area contributed by atoms with Gasteiger partial charge in [-0.1, -0.05) is 0 Å². The van der Waals surface area contributed by atoms with Gasteiger partial charge in [-0.15, -0.1) is 0 Å². The summed E-state index contributed by atoms with van der Waals surface area (Å²) in [4.78, 5) is 25.0. The van der Waals surface area contributed by atoms with Crippen molar-refractivity contribution >= 4 is 22.8 Å². The average molecular weight is 423 g/mol. The van der Waals surface area contributed by atoms with E-state index in [1.807, 2.05) is 0 Å². The van der Waals surface area contributed by atoms with E-state index in [2.05, 4.69) is 0 Å². The summed E-state index contributed by atoms with van der Waals surface area (Å²) < 4.78 is 58.4. The van der Waals surface area contributed by atoms with Gasteiger partial charge in [0.1, 0.15) is 0 Å². The van der Waals surface area contributed by atoms with Gasteiger partial charge in [-0.3, -0.25) is 14.2 Å². The normalized spacial score (nSPS) is 11.7. The van der Waals surface area contributed by atoms with E-state index < -0.39 is 35.2 Å². The van der Waals surface area contributed by atoms with Crippen molar-refractivity contribution < 1.29 is 37.0 Å². The third-order valence-corrected chi connectivity index (χ3v) is 4.69. The van der Waals surface area contributed by atoms with Crippen molar-refractivity contribution in [3.63, 3.8) is 0 Å². The average Bonchev–Trinajstić information content (AvgIpc) is 2.92. The number of aromatic nitrogens is 1. The highest BCUT2D eigenvalue weighted by atomic mass is 19.4. The molecular weight excluding hydrogens is 406 g/mol. The molecule has 0 bridgehead atoms. The van der Waals surface area contributed by atoms with Gasteiger partial charge in [0.05, 0.1) is 24.1 Å². The molecule has 0 saturated heterocycles. The van der Waals surface area contributed by atoms with E-state index in [1.165, 1.54) is 6.92 Å². The Morgan fingerprint density at radius 3 is 2.33 bits per heavy atom. The van der Waals surface area contributed by atoms with E-state index in [1.54, 1.807) is 6.92 Å². The van der Waals surface area contributed by atoms with E-state index in [9.17, 15) is 32.3 Å². The second-order valence-electron chi connectivity index (χ2n) is 6.58. The number of hydrogen-bond acceptors (Lipinski definition) is 4. The Hall–Kier alpha value is -3.36. The topological polar surface area (TPSA) is 68.5 Å². The maximum absolute atomic E-state index is 14.0. The van der Waals surface area contributed by atoms with Crippen LogP contribution >= 0.6 is 0 Å². The van der Waals surface area contributed by atoms with Crippen LogP contribution in [0.15, 0.2) is 36.4 Å². The second kappa shape index (κ2) is 7.81. The molecule has 1 N–H and O–H groups in total. The Morgan fingerprint density at radius 2 is 1.77 bits per heavy atom. The number of phenolic OH excluding ortho intramolecular Hbond substituents is 1. The van der Waals surface area contributed by atoms with Crippen LogP contribution in [0.5, 0.6) is 5.75 Å². The quantitative estimate of drug-likeness (QED) is 0.492. The predicted octanol–water partition coefficient (Wildman–Crippen LogP) is 4.61. The molecule has 3 aromatic rings. The molecule has 30 heavy (non-hydrogen) atoms. The molecule has 0 aliphatic carbocycles. The van der Waals surface area contributed by atoms with Crippen molar-refractivity contribution in [2.24, 2.45) is 0 Å². The summed E-state index contributed by atoms with van der Waals surface area (Å²) in [6.45, 7) is 3.29. The van der Waals surface area contributed by atoms with Crippen LogP contribution in [0, 0.1) is 12.7 Å². The minimum atomic E-state index is -4.55. The van der Waals surface area contributed by atoms with Crippen molar-refractivity contribution in [3.8, 4) is 5.75 Å². The van der Waals surface area contributed by atoms with Gasteiger partial charge in [-0.2, -0.15) is 13.2 Å². The number of halogens is 4. The number of benzene rings is 2. The molecule has 0 amide bonds. The van der Waals surface area contributed by atoms with Crippen LogP contribution in [0.25, 0.3) is 10.9 Å². The molecule has 0 fully saturated rings. The van der Waals surface area contributed by atoms with Crippen molar-refractivity contribution in [2.75, 3.05) is 6.61 Å². The fourth-order valence-electron chi connectivity index (χ4n) is 3.26. The van der Waals surface area contributed by atoms with E-state index >= 15 is 0 Å². The number of carbonyl (C=O) groups is 2. The van der Waals surface area contributed by atoms with Crippen LogP contribution in [-0.2, 0) is 22.1 Å². The highest BCUT2D eigenvalue weighted by Gasteiger charge is 2.30. The first kappa shape index (κ1) is 21.4. The van der Waals surface area contributed by atoms with Crippen LogP contribution in [0.4, 0.5) is 17.6 Å². The predicted molar refractivity (Wildman–Crippen MR) is 99.8 cm³/mol. The lowest BCUT2D eigenvalue weighted by molar-refractivity contribution is -0.142. The largest absolute Gasteiger partial charge is 0.505 e. The summed E-state index contributed by atoms with van der Waals surface area (Å²) in [6, 6.07) is 5.65. The smallest absolute Gasteiger partial charge is 0.416 e. The molecule has 0 aliphatic rings. The van der Waals surface area contributed by atoms with Gasteiger partial charge in [0.15, 0.2) is 11.6 Å². The van der Waals surface area contributed by atoms with Gasteiger partial charge >= 0.3 is 12.1 Å². The SMILES string of the molecule is CCOC(=O)Cc1c(C)n(C(=O)c2ccc(C(F)(F)F)cc2)c2cc(F)c(O)cc12. The molecule has 0 spiro atoms. The molecule has 0 radical (unpaired) electrons. The van der Waals surface area contributed by atoms with Gasteiger partial charge in [0, 0.05) is 22.7 Å². The van der Waals surface area contributed by atoms with Crippen molar-refractivity contribution in [3.05, 3.63) is 64.6 Å². The third kappa shape index (κ3) is 3.87. The number of hydrogen-bond donors (Lipinski definition) is 1. The van der Waals surface area contributed by atoms with Crippen molar-refractivity contribution in [1.29, 1.82) is 0 Å². The first-order valence-corrected chi connectivity index (χ1v) is 8.94. The third-order valence-electron chi connectivity index (χ3n) is 4.69. The number of alkyl halides is 3. The molecule has 0 saturated carbocycles. The number of fused-ring (bicyclic) bond motifs is 1. The fraction of sp³-hybridized carbons (Fsp3) is 0.238. The first-order chi connectivity index (χ1) is 14.0. The van der Waals surface area contributed by atoms with Crippen molar-refractivity contribution in [2.45, 2.75) is 26.4 Å². The molecule has 2 aromatic carbocycles. The number of rotatable bonds is 4. The second-order valence-corrected chi connectivity index (χ2v) is 6.58. The summed E-state index contributed by atoms with van der Waals surface area (Å²) in [6.07, 6.45) is -4.78. The monoisotopic (exact) mass is 423 g/mol. The molecule has 5 nitrogen and oxygen atoms in total. The minimum Gasteiger partial charge on any atom is -0.505 e. The molecule has 1 heterocycles. The summed E-state index contributed by atoms with van der Waals surface area (Å²) in [5.41, 5.74) is -0.259. The van der Waals surface area contributed by atoms with Gasteiger partial charge in [0.2, 0.25) is 0 Å². The van der Waals surface area contributed by atoms with E-state index in [0.717, 1.165) is 41.0 Å². The lowest BCUT2D eigenvalue weighted by atomic mass is 10.1. The Labute approximate surface area is 168 Å². The maximum atomic E-state index is 14.0. The molecule has 3 rings (SSSR count). The zero-order chi connectivity index (χ0) is 22.2. The Morgan fingerprint density at radius 1 is 1.13 bits per heavy atom. The van der Waals surface area contributed by atoms with Gasteiger partial charge in [-0.25, -0.2) is 4.39 Å². The Balaban J connectivity index is 2.15. The highest BCUT2D eigenvalue weighted by Crippen LogP contribution is 2.33. The molecular formula is C21H17F4NO4. The van der Waals surface area contributed by atoms with Crippen LogP contribution in [0.1, 0.15) is 34.1 Å². The lowest BCUT2D eigenvalue weighted by Crippen LogP contribution is -2.15. The summed E-state index contributed by atoms with van der Waals surface area (Å²) >= 11 is 0. The molecule has 0 unspecified atom stereocenters. The molecule has 9 heteroatoms. The van der Waals surface area contributed by atoms with Crippen LogP contribution in [-0.4, -0.2) is 28.2 Å². The fourth-order valence-corrected chi connectivity index (χ4v) is 3.26. The lowest BCUT2D eigenvalue weighted by Gasteiger charge is -2.10. The van der Waals surface area contributed by atoms with Crippen LogP contribution in [0.3, 0.4) is 0 Å². The molecule has 0 atom stereocenters. The zero-order valence-electron chi connectivity index (χ0n) is 16.0. The van der Waals surface area contributed by atoms with Gasteiger partial charge in [-0.05, 0) is 49.7 Å². The Kier molecular flexibility index (Phi) is 5.56. The van der Waals surface area contributed by atoms with Crippen LogP contribution in [0.2, 0.25) is 0 Å².